The highest BCUT2D eigenvalue weighted by molar-refractivity contribution is 7.89. The van der Waals surface area contributed by atoms with Crippen LogP contribution in [0.2, 0.25) is 0 Å². The molecular weight excluding hydrogens is 396 g/mol. The van der Waals surface area contributed by atoms with Gasteiger partial charge in [-0.25, -0.2) is 8.42 Å². The minimum Gasteiger partial charge on any atom is -0.469 e. The van der Waals surface area contributed by atoms with Crippen LogP contribution in [-0.2, 0) is 24.3 Å². The first-order valence-corrected chi connectivity index (χ1v) is 11.3. The maximum absolute atomic E-state index is 12.9. The summed E-state index contributed by atoms with van der Waals surface area (Å²) in [5.41, 5.74) is 0.434. The fraction of sp³-hybridized carbons (Fsp3) is 0.600. The Kier molecular flexibility index (Phi) is 6.60. The number of likely N-dealkylation sites (tertiary alicyclic amines) is 1. The van der Waals surface area contributed by atoms with E-state index in [-0.39, 0.29) is 34.9 Å². The molecule has 8 nitrogen and oxygen atoms in total. The average molecular weight is 425 g/mol. The van der Waals surface area contributed by atoms with Gasteiger partial charge in [0.15, 0.2) is 0 Å². The van der Waals surface area contributed by atoms with Gasteiger partial charge in [0.1, 0.15) is 0 Å². The van der Waals surface area contributed by atoms with E-state index in [4.69, 9.17) is 9.47 Å². The predicted molar refractivity (Wildman–Crippen MR) is 106 cm³/mol. The number of hydrogen-bond acceptors (Lipinski definition) is 6. The number of sulfonamides is 1. The second-order valence-electron chi connectivity index (χ2n) is 7.69. The van der Waals surface area contributed by atoms with Gasteiger partial charge in [-0.1, -0.05) is 0 Å². The third kappa shape index (κ3) is 4.79. The van der Waals surface area contributed by atoms with Crippen molar-refractivity contribution in [3.05, 3.63) is 29.8 Å². The highest BCUT2D eigenvalue weighted by atomic mass is 32.2. The number of morpholine rings is 1. The Labute approximate surface area is 171 Å². The molecule has 160 valence electrons. The van der Waals surface area contributed by atoms with Gasteiger partial charge < -0.3 is 14.4 Å². The molecule has 0 saturated carbocycles. The standard InChI is InChI=1S/C20H28N2O6S/c1-14-12-22(13-15(2)28-14)29(25,26)18-6-4-16(5-7-18)19(23)21-10-8-17(9-11-21)20(24)27-3/h4-7,14-15,17H,8-13H2,1-3H3/t14-,15-/m0/s1. The molecule has 29 heavy (non-hydrogen) atoms. The molecule has 0 aliphatic carbocycles. The summed E-state index contributed by atoms with van der Waals surface area (Å²) >= 11 is 0. The summed E-state index contributed by atoms with van der Waals surface area (Å²) in [7, 11) is -2.27. The van der Waals surface area contributed by atoms with Crippen molar-refractivity contribution in [3.63, 3.8) is 0 Å². The quantitative estimate of drug-likeness (QED) is 0.680. The molecule has 0 N–H and O–H groups in total. The van der Waals surface area contributed by atoms with Crippen LogP contribution in [-0.4, -0.2) is 75.0 Å². The summed E-state index contributed by atoms with van der Waals surface area (Å²) in [5.74, 6) is -0.570. The molecule has 2 aliphatic heterocycles. The molecular formula is C20H28N2O6S. The van der Waals surface area contributed by atoms with Gasteiger partial charge in [-0.05, 0) is 51.0 Å². The summed E-state index contributed by atoms with van der Waals surface area (Å²) in [6.45, 7) is 5.27. The van der Waals surface area contributed by atoms with E-state index in [9.17, 15) is 18.0 Å². The van der Waals surface area contributed by atoms with Crippen molar-refractivity contribution < 1.29 is 27.5 Å². The second kappa shape index (κ2) is 8.81. The van der Waals surface area contributed by atoms with Crippen molar-refractivity contribution in [1.29, 1.82) is 0 Å². The number of carbonyl (C=O) groups is 2. The maximum atomic E-state index is 12.9. The number of ether oxygens (including phenoxy) is 2. The van der Waals surface area contributed by atoms with Gasteiger partial charge in [-0.15, -0.1) is 0 Å². The lowest BCUT2D eigenvalue weighted by Gasteiger charge is -2.34. The minimum absolute atomic E-state index is 0.161. The normalized spacial score (nSPS) is 24.3. The number of hydrogen-bond donors (Lipinski definition) is 0. The van der Waals surface area contributed by atoms with Crippen LogP contribution in [0.1, 0.15) is 37.0 Å². The van der Waals surface area contributed by atoms with Gasteiger partial charge >= 0.3 is 5.97 Å². The average Bonchev–Trinajstić information content (AvgIpc) is 2.72. The van der Waals surface area contributed by atoms with Crippen molar-refractivity contribution in [2.24, 2.45) is 5.92 Å². The first kappa shape index (κ1) is 21.7. The number of nitrogens with zero attached hydrogens (tertiary/aromatic N) is 2. The summed E-state index contributed by atoms with van der Waals surface area (Å²) in [6, 6.07) is 6.06. The monoisotopic (exact) mass is 424 g/mol. The summed E-state index contributed by atoms with van der Waals surface area (Å²) < 4.78 is 37.6. The van der Waals surface area contributed by atoms with Crippen LogP contribution in [0.4, 0.5) is 0 Å². The van der Waals surface area contributed by atoms with Crippen LogP contribution in [0, 0.1) is 5.92 Å². The Morgan fingerprint density at radius 1 is 1.03 bits per heavy atom. The third-order valence-corrected chi connectivity index (χ3v) is 7.29. The number of rotatable bonds is 4. The van der Waals surface area contributed by atoms with Crippen LogP contribution in [0.25, 0.3) is 0 Å². The Morgan fingerprint density at radius 2 is 1.59 bits per heavy atom. The topological polar surface area (TPSA) is 93.2 Å². The van der Waals surface area contributed by atoms with Crippen LogP contribution >= 0.6 is 0 Å². The number of amides is 1. The zero-order chi connectivity index (χ0) is 21.2. The van der Waals surface area contributed by atoms with E-state index < -0.39 is 10.0 Å². The van der Waals surface area contributed by atoms with Crippen LogP contribution in [0.3, 0.4) is 0 Å². The molecule has 1 aromatic rings. The Balaban J connectivity index is 1.67. The van der Waals surface area contributed by atoms with E-state index in [1.165, 1.54) is 23.5 Å². The van der Waals surface area contributed by atoms with E-state index in [1.54, 1.807) is 17.0 Å². The Morgan fingerprint density at radius 3 is 2.10 bits per heavy atom. The number of carbonyl (C=O) groups excluding carboxylic acids is 2. The largest absolute Gasteiger partial charge is 0.469 e. The van der Waals surface area contributed by atoms with Crippen molar-refractivity contribution in [2.45, 2.75) is 43.8 Å². The van der Waals surface area contributed by atoms with Crippen molar-refractivity contribution >= 4 is 21.9 Å². The van der Waals surface area contributed by atoms with Crippen LogP contribution < -0.4 is 0 Å². The van der Waals surface area contributed by atoms with Gasteiger partial charge in [-0.2, -0.15) is 4.31 Å². The molecule has 0 unspecified atom stereocenters. The molecule has 0 bridgehead atoms. The molecule has 2 aliphatic rings. The van der Waals surface area contributed by atoms with Crippen LogP contribution in [0.5, 0.6) is 0 Å². The lowest BCUT2D eigenvalue weighted by atomic mass is 9.96. The molecule has 0 aromatic heterocycles. The minimum atomic E-state index is -3.64. The van der Waals surface area contributed by atoms with Crippen molar-refractivity contribution in [2.75, 3.05) is 33.3 Å². The van der Waals surface area contributed by atoms with Gasteiger partial charge in [0.25, 0.3) is 5.91 Å². The predicted octanol–water partition coefficient (Wildman–Crippen LogP) is 1.51. The van der Waals surface area contributed by atoms with Gasteiger partial charge in [0.2, 0.25) is 10.0 Å². The van der Waals surface area contributed by atoms with E-state index in [0.29, 0.717) is 44.6 Å². The molecule has 0 spiro atoms. The lowest BCUT2D eigenvalue weighted by Crippen LogP contribution is -2.48. The van der Waals surface area contributed by atoms with Crippen molar-refractivity contribution in [3.8, 4) is 0 Å². The SMILES string of the molecule is COC(=O)C1CCN(C(=O)c2ccc(S(=O)(=O)N3C[C@H](C)O[C@@H](C)C3)cc2)CC1. The smallest absolute Gasteiger partial charge is 0.308 e. The number of piperidine rings is 1. The number of benzene rings is 1. The van der Waals surface area contributed by atoms with E-state index in [2.05, 4.69) is 0 Å². The molecule has 2 fully saturated rings. The fourth-order valence-corrected chi connectivity index (χ4v) is 5.50. The van der Waals surface area contributed by atoms with E-state index >= 15 is 0 Å². The summed E-state index contributed by atoms with van der Waals surface area (Å²) in [5, 5.41) is 0. The van der Waals surface area contributed by atoms with Crippen molar-refractivity contribution in [1.82, 2.24) is 9.21 Å². The molecule has 0 radical (unpaired) electrons. The third-order valence-electron chi connectivity index (χ3n) is 5.44. The first-order valence-electron chi connectivity index (χ1n) is 9.85. The van der Waals surface area contributed by atoms with Gasteiger partial charge in [-0.3, -0.25) is 9.59 Å². The Hall–Kier alpha value is -1.97. The second-order valence-corrected chi connectivity index (χ2v) is 9.63. The van der Waals surface area contributed by atoms with Crippen LogP contribution in [0.15, 0.2) is 29.2 Å². The molecule has 2 saturated heterocycles. The summed E-state index contributed by atoms with van der Waals surface area (Å²) in [4.78, 5) is 26.2. The molecule has 2 atom stereocenters. The molecule has 2 heterocycles. The zero-order valence-electron chi connectivity index (χ0n) is 17.0. The molecule has 3 rings (SSSR count). The first-order chi connectivity index (χ1) is 13.7. The van der Waals surface area contributed by atoms with E-state index in [0.717, 1.165) is 0 Å². The highest BCUT2D eigenvalue weighted by Gasteiger charge is 2.33. The van der Waals surface area contributed by atoms with Gasteiger partial charge in [0.05, 0.1) is 30.1 Å². The molecule has 9 heteroatoms. The highest BCUT2D eigenvalue weighted by Crippen LogP contribution is 2.23. The fourth-order valence-electron chi connectivity index (χ4n) is 3.91. The lowest BCUT2D eigenvalue weighted by molar-refractivity contribution is -0.146. The summed E-state index contributed by atoms with van der Waals surface area (Å²) in [6.07, 6.45) is 0.806. The maximum Gasteiger partial charge on any atom is 0.308 e. The number of methoxy groups -OCH3 is 1. The molecule has 1 amide bonds. The zero-order valence-corrected chi connectivity index (χ0v) is 17.9. The van der Waals surface area contributed by atoms with E-state index in [1.807, 2.05) is 13.8 Å². The Bertz CT molecular complexity index is 836. The molecule has 1 aromatic carbocycles. The van der Waals surface area contributed by atoms with Gasteiger partial charge in [0, 0.05) is 31.7 Å². The number of esters is 1.